The minimum absolute atomic E-state index is 0.147. The number of aromatic nitrogens is 2. The highest BCUT2D eigenvalue weighted by molar-refractivity contribution is 9.10. The molecule has 0 aliphatic heterocycles. The summed E-state index contributed by atoms with van der Waals surface area (Å²) in [5.74, 6) is 0.189. The van der Waals surface area contributed by atoms with Crippen LogP contribution in [0.25, 0.3) is 0 Å². The molecule has 0 saturated carbocycles. The van der Waals surface area contributed by atoms with Crippen LogP contribution >= 0.6 is 15.9 Å². The van der Waals surface area contributed by atoms with Gasteiger partial charge in [-0.25, -0.2) is 0 Å². The third kappa shape index (κ3) is 2.34. The van der Waals surface area contributed by atoms with Crippen molar-refractivity contribution in [1.29, 1.82) is 5.41 Å². The maximum atomic E-state index is 7.11. The molecule has 0 radical (unpaired) electrons. The fourth-order valence-corrected chi connectivity index (χ4v) is 1.27. The topological polar surface area (TPSA) is 67.7 Å². The van der Waals surface area contributed by atoms with Crippen molar-refractivity contribution in [3.05, 3.63) is 16.9 Å². The molecule has 0 bridgehead atoms. The fraction of sp³-hybridized carbons (Fsp3) is 0.429. The third-order valence-electron chi connectivity index (χ3n) is 1.54. The van der Waals surface area contributed by atoms with Crippen molar-refractivity contribution in [1.82, 2.24) is 9.78 Å². The number of rotatable bonds is 3. The molecule has 1 aromatic heterocycles. The van der Waals surface area contributed by atoms with Crippen LogP contribution in [0.5, 0.6) is 0 Å². The molecular weight excluding hydrogens is 220 g/mol. The Morgan fingerprint density at radius 2 is 2.58 bits per heavy atom. The monoisotopic (exact) mass is 230 g/mol. The largest absolute Gasteiger partial charge is 0.388 e. The average molecular weight is 231 g/mol. The SMILES string of the molecule is CC(CC(=N)N)n1cc(Br)cn1. The summed E-state index contributed by atoms with van der Waals surface area (Å²) in [6.07, 6.45) is 4.12. The van der Waals surface area contributed by atoms with E-state index in [0.29, 0.717) is 6.42 Å². The number of amidine groups is 1. The number of halogens is 1. The maximum Gasteiger partial charge on any atom is 0.0926 e. The maximum absolute atomic E-state index is 7.11. The van der Waals surface area contributed by atoms with Gasteiger partial charge in [0.15, 0.2) is 0 Å². The quantitative estimate of drug-likeness (QED) is 0.611. The molecule has 0 fully saturated rings. The Bertz CT molecular complexity index is 281. The Hall–Kier alpha value is -0.840. The van der Waals surface area contributed by atoms with Crippen molar-refractivity contribution >= 4 is 21.8 Å². The summed E-state index contributed by atoms with van der Waals surface area (Å²) in [5, 5.41) is 11.2. The molecule has 1 unspecified atom stereocenters. The molecule has 0 amide bonds. The summed E-state index contributed by atoms with van der Waals surface area (Å²) in [6.45, 7) is 1.97. The number of nitrogens with one attached hydrogen (secondary N) is 1. The van der Waals surface area contributed by atoms with E-state index in [1.165, 1.54) is 0 Å². The highest BCUT2D eigenvalue weighted by Crippen LogP contribution is 2.13. The molecule has 0 saturated heterocycles. The van der Waals surface area contributed by atoms with E-state index in [2.05, 4.69) is 21.0 Å². The van der Waals surface area contributed by atoms with Crippen molar-refractivity contribution in [2.24, 2.45) is 5.73 Å². The molecule has 0 aliphatic carbocycles. The first kappa shape index (κ1) is 9.25. The van der Waals surface area contributed by atoms with E-state index in [4.69, 9.17) is 11.1 Å². The number of hydrogen-bond acceptors (Lipinski definition) is 2. The molecule has 66 valence electrons. The average Bonchev–Trinajstić information content (AvgIpc) is 2.34. The van der Waals surface area contributed by atoms with E-state index in [1.54, 1.807) is 10.9 Å². The molecular formula is C7H11BrN4. The minimum Gasteiger partial charge on any atom is -0.388 e. The van der Waals surface area contributed by atoms with Gasteiger partial charge in [-0.15, -0.1) is 0 Å². The molecule has 12 heavy (non-hydrogen) atoms. The summed E-state index contributed by atoms with van der Waals surface area (Å²) < 4.78 is 2.73. The van der Waals surface area contributed by atoms with Crippen LogP contribution in [0.1, 0.15) is 19.4 Å². The lowest BCUT2D eigenvalue weighted by atomic mass is 10.2. The lowest BCUT2D eigenvalue weighted by molar-refractivity contribution is 0.505. The predicted octanol–water partition coefficient (Wildman–Crippen LogP) is 1.53. The zero-order valence-corrected chi connectivity index (χ0v) is 8.37. The second kappa shape index (κ2) is 3.71. The van der Waals surface area contributed by atoms with Gasteiger partial charge < -0.3 is 5.73 Å². The summed E-state index contributed by atoms with van der Waals surface area (Å²) in [5.41, 5.74) is 5.27. The van der Waals surface area contributed by atoms with Crippen molar-refractivity contribution in [2.45, 2.75) is 19.4 Å². The Morgan fingerprint density at radius 3 is 3.00 bits per heavy atom. The molecule has 1 aromatic rings. The van der Waals surface area contributed by atoms with E-state index in [0.717, 1.165) is 4.47 Å². The zero-order valence-electron chi connectivity index (χ0n) is 6.79. The van der Waals surface area contributed by atoms with E-state index in [-0.39, 0.29) is 11.9 Å². The van der Waals surface area contributed by atoms with Crippen LogP contribution in [0.15, 0.2) is 16.9 Å². The summed E-state index contributed by atoms with van der Waals surface area (Å²) >= 11 is 3.30. The van der Waals surface area contributed by atoms with Gasteiger partial charge in [0.1, 0.15) is 0 Å². The van der Waals surface area contributed by atoms with Crippen molar-refractivity contribution < 1.29 is 0 Å². The number of nitrogens with two attached hydrogens (primary N) is 1. The fourth-order valence-electron chi connectivity index (χ4n) is 0.968. The molecule has 1 heterocycles. The van der Waals surface area contributed by atoms with E-state index in [9.17, 15) is 0 Å². The lowest BCUT2D eigenvalue weighted by Gasteiger charge is -2.09. The van der Waals surface area contributed by atoms with Crippen LogP contribution in [-0.2, 0) is 0 Å². The minimum atomic E-state index is 0.147. The van der Waals surface area contributed by atoms with Crippen molar-refractivity contribution in [2.75, 3.05) is 0 Å². The number of hydrogen-bond donors (Lipinski definition) is 2. The van der Waals surface area contributed by atoms with Gasteiger partial charge in [0.05, 0.1) is 22.5 Å². The zero-order chi connectivity index (χ0) is 9.14. The van der Waals surface area contributed by atoms with Crippen LogP contribution in [0, 0.1) is 5.41 Å². The first-order valence-corrected chi connectivity index (χ1v) is 4.41. The van der Waals surface area contributed by atoms with E-state index < -0.39 is 0 Å². The van der Waals surface area contributed by atoms with Gasteiger partial charge >= 0.3 is 0 Å². The van der Waals surface area contributed by atoms with Gasteiger partial charge in [0.2, 0.25) is 0 Å². The second-order valence-electron chi connectivity index (χ2n) is 2.72. The smallest absolute Gasteiger partial charge is 0.0926 e. The van der Waals surface area contributed by atoms with Crippen LogP contribution < -0.4 is 5.73 Å². The van der Waals surface area contributed by atoms with Gasteiger partial charge in [-0.05, 0) is 22.9 Å². The van der Waals surface area contributed by atoms with Crippen LogP contribution in [0.3, 0.4) is 0 Å². The van der Waals surface area contributed by atoms with Crippen LogP contribution in [0.4, 0.5) is 0 Å². The van der Waals surface area contributed by atoms with Gasteiger partial charge in [-0.2, -0.15) is 5.10 Å². The Balaban J connectivity index is 2.64. The Morgan fingerprint density at radius 1 is 1.92 bits per heavy atom. The van der Waals surface area contributed by atoms with Gasteiger partial charge in [0, 0.05) is 12.6 Å². The first-order chi connectivity index (χ1) is 5.59. The number of nitrogens with zero attached hydrogens (tertiary/aromatic N) is 2. The van der Waals surface area contributed by atoms with Gasteiger partial charge in [-0.3, -0.25) is 10.1 Å². The lowest BCUT2D eigenvalue weighted by Crippen LogP contribution is -2.16. The van der Waals surface area contributed by atoms with Crippen LogP contribution in [-0.4, -0.2) is 15.6 Å². The molecule has 1 rings (SSSR count). The predicted molar refractivity (Wildman–Crippen MR) is 51.2 cm³/mol. The van der Waals surface area contributed by atoms with Crippen molar-refractivity contribution in [3.8, 4) is 0 Å². The summed E-state index contributed by atoms with van der Waals surface area (Å²) in [6, 6.07) is 0.147. The Kier molecular flexibility index (Phi) is 2.86. The second-order valence-corrected chi connectivity index (χ2v) is 3.63. The summed E-state index contributed by atoms with van der Waals surface area (Å²) in [4.78, 5) is 0. The molecule has 4 nitrogen and oxygen atoms in total. The molecule has 0 spiro atoms. The van der Waals surface area contributed by atoms with Gasteiger partial charge in [0.25, 0.3) is 0 Å². The highest BCUT2D eigenvalue weighted by Gasteiger charge is 2.06. The summed E-state index contributed by atoms with van der Waals surface area (Å²) in [7, 11) is 0. The molecule has 3 N–H and O–H groups in total. The van der Waals surface area contributed by atoms with Crippen LogP contribution in [0.2, 0.25) is 0 Å². The van der Waals surface area contributed by atoms with E-state index >= 15 is 0 Å². The standard InChI is InChI=1S/C7H11BrN4/c1-5(2-7(9)10)12-4-6(8)3-11-12/h3-5H,2H2,1H3,(H3,9,10). The third-order valence-corrected chi connectivity index (χ3v) is 1.95. The first-order valence-electron chi connectivity index (χ1n) is 3.62. The normalized spacial score (nSPS) is 12.8. The Labute approximate surface area is 79.4 Å². The van der Waals surface area contributed by atoms with E-state index in [1.807, 2.05) is 13.1 Å². The molecule has 5 heteroatoms. The highest BCUT2D eigenvalue weighted by atomic mass is 79.9. The molecule has 1 atom stereocenters. The molecule has 0 aliphatic rings. The van der Waals surface area contributed by atoms with Crippen molar-refractivity contribution in [3.63, 3.8) is 0 Å². The van der Waals surface area contributed by atoms with Gasteiger partial charge in [-0.1, -0.05) is 0 Å². The molecule has 0 aromatic carbocycles.